The largest absolute Gasteiger partial charge is 0.387 e. The van der Waals surface area contributed by atoms with Gasteiger partial charge in [0, 0.05) is 13.1 Å². The molecule has 0 amide bonds. The van der Waals surface area contributed by atoms with E-state index in [4.69, 9.17) is 0 Å². The van der Waals surface area contributed by atoms with Crippen molar-refractivity contribution >= 4 is 6.08 Å². The average Bonchev–Trinajstić information content (AvgIpc) is 2.48. The first-order chi connectivity index (χ1) is 10.6. The average molecular weight is 307 g/mol. The molecule has 2 aromatic rings. The Hall–Kier alpha value is -2.11. The Labute approximate surface area is 126 Å². The molecular formula is C17H16F3NO. The zero-order chi connectivity index (χ0) is 15.9. The zero-order valence-electron chi connectivity index (χ0n) is 11.8. The Kier molecular flexibility index (Phi) is 5.75. The van der Waals surface area contributed by atoms with E-state index in [1.165, 1.54) is 18.2 Å². The van der Waals surface area contributed by atoms with E-state index >= 15 is 0 Å². The van der Waals surface area contributed by atoms with Crippen molar-refractivity contribution in [2.24, 2.45) is 0 Å². The lowest BCUT2D eigenvalue weighted by molar-refractivity contribution is 0.166. The van der Waals surface area contributed by atoms with Gasteiger partial charge in [-0.05, 0) is 29.8 Å². The van der Waals surface area contributed by atoms with Crippen LogP contribution in [0.25, 0.3) is 6.08 Å². The molecule has 0 heterocycles. The van der Waals surface area contributed by atoms with Crippen molar-refractivity contribution in [1.82, 2.24) is 5.32 Å². The van der Waals surface area contributed by atoms with Crippen LogP contribution in [0.1, 0.15) is 17.2 Å². The van der Waals surface area contributed by atoms with Crippen LogP contribution in [0.15, 0.2) is 48.5 Å². The van der Waals surface area contributed by atoms with E-state index in [0.717, 1.165) is 17.7 Å². The monoisotopic (exact) mass is 307 g/mol. The number of hydrogen-bond acceptors (Lipinski definition) is 2. The predicted octanol–water partition coefficient (Wildman–Crippen LogP) is 3.44. The molecule has 22 heavy (non-hydrogen) atoms. The maximum absolute atomic E-state index is 13.5. The Balaban J connectivity index is 1.82. The maximum atomic E-state index is 13.5. The van der Waals surface area contributed by atoms with Gasteiger partial charge in [-0.2, -0.15) is 0 Å². The fourth-order valence-corrected chi connectivity index (χ4v) is 2.00. The van der Waals surface area contributed by atoms with Crippen molar-refractivity contribution in [3.05, 3.63) is 77.1 Å². The Morgan fingerprint density at radius 1 is 1.00 bits per heavy atom. The van der Waals surface area contributed by atoms with Gasteiger partial charge in [-0.1, -0.05) is 30.4 Å². The highest BCUT2D eigenvalue weighted by atomic mass is 19.1. The van der Waals surface area contributed by atoms with Gasteiger partial charge in [0.1, 0.15) is 17.5 Å². The molecule has 0 aliphatic heterocycles. The van der Waals surface area contributed by atoms with Crippen LogP contribution in [0.5, 0.6) is 0 Å². The maximum Gasteiger partial charge on any atom is 0.131 e. The molecule has 2 N–H and O–H groups in total. The number of aliphatic hydroxyl groups is 1. The molecule has 2 rings (SSSR count). The van der Waals surface area contributed by atoms with Crippen LogP contribution in [-0.4, -0.2) is 18.2 Å². The first-order valence-electron chi connectivity index (χ1n) is 6.82. The molecule has 5 heteroatoms. The van der Waals surface area contributed by atoms with E-state index in [2.05, 4.69) is 5.32 Å². The zero-order valence-corrected chi connectivity index (χ0v) is 11.8. The summed E-state index contributed by atoms with van der Waals surface area (Å²) >= 11 is 0. The number of nitrogens with one attached hydrogen (secondary N) is 1. The van der Waals surface area contributed by atoms with Crippen LogP contribution in [0.2, 0.25) is 0 Å². The van der Waals surface area contributed by atoms with Gasteiger partial charge in [0.05, 0.1) is 11.7 Å². The summed E-state index contributed by atoms with van der Waals surface area (Å²) in [4.78, 5) is 0. The topological polar surface area (TPSA) is 32.3 Å². The van der Waals surface area contributed by atoms with Crippen LogP contribution in [0.3, 0.4) is 0 Å². The number of halogens is 3. The molecular weight excluding hydrogens is 291 g/mol. The van der Waals surface area contributed by atoms with Crippen molar-refractivity contribution in [2.75, 3.05) is 13.1 Å². The first kappa shape index (κ1) is 16.3. The van der Waals surface area contributed by atoms with E-state index in [1.54, 1.807) is 24.3 Å². The second-order valence-corrected chi connectivity index (χ2v) is 4.76. The van der Waals surface area contributed by atoms with Gasteiger partial charge in [0.2, 0.25) is 0 Å². The summed E-state index contributed by atoms with van der Waals surface area (Å²) in [7, 11) is 0. The van der Waals surface area contributed by atoms with Crippen molar-refractivity contribution in [3.8, 4) is 0 Å². The van der Waals surface area contributed by atoms with Crippen molar-refractivity contribution in [1.29, 1.82) is 0 Å². The summed E-state index contributed by atoms with van der Waals surface area (Å²) in [5, 5.41) is 12.7. The standard InChI is InChI=1S/C17H16F3NO/c18-13-8-6-12(7-9-13)3-2-10-21-11-16(22)17-14(19)4-1-5-15(17)20/h1-9,16,21-22H,10-11H2/b3-2+. The van der Waals surface area contributed by atoms with Gasteiger partial charge < -0.3 is 10.4 Å². The number of aliphatic hydroxyl groups excluding tert-OH is 1. The van der Waals surface area contributed by atoms with Gasteiger partial charge >= 0.3 is 0 Å². The summed E-state index contributed by atoms with van der Waals surface area (Å²) in [5.74, 6) is -1.84. The molecule has 0 saturated heterocycles. The van der Waals surface area contributed by atoms with E-state index in [-0.39, 0.29) is 17.9 Å². The molecule has 116 valence electrons. The number of rotatable bonds is 6. The molecule has 1 unspecified atom stereocenters. The van der Waals surface area contributed by atoms with Crippen molar-refractivity contribution < 1.29 is 18.3 Å². The third-order valence-corrected chi connectivity index (χ3v) is 3.11. The van der Waals surface area contributed by atoms with Crippen LogP contribution in [-0.2, 0) is 0 Å². The lowest BCUT2D eigenvalue weighted by atomic mass is 10.1. The van der Waals surface area contributed by atoms with Gasteiger partial charge in [0.25, 0.3) is 0 Å². The number of hydrogen-bond donors (Lipinski definition) is 2. The van der Waals surface area contributed by atoms with Crippen LogP contribution in [0.4, 0.5) is 13.2 Å². The predicted molar refractivity (Wildman–Crippen MR) is 79.6 cm³/mol. The summed E-state index contributed by atoms with van der Waals surface area (Å²) in [6.45, 7) is 0.427. The molecule has 1 atom stereocenters. The molecule has 0 fully saturated rings. The third-order valence-electron chi connectivity index (χ3n) is 3.11. The fraction of sp³-hybridized carbons (Fsp3) is 0.176. The smallest absolute Gasteiger partial charge is 0.131 e. The van der Waals surface area contributed by atoms with Gasteiger partial charge in [-0.25, -0.2) is 13.2 Å². The second-order valence-electron chi connectivity index (χ2n) is 4.76. The minimum atomic E-state index is -1.26. The molecule has 0 bridgehead atoms. The van der Waals surface area contributed by atoms with Crippen LogP contribution < -0.4 is 5.32 Å². The molecule has 0 saturated carbocycles. The minimum absolute atomic E-state index is 0.0195. The lowest BCUT2D eigenvalue weighted by Gasteiger charge is -2.13. The quantitative estimate of drug-likeness (QED) is 0.801. The molecule has 2 aromatic carbocycles. The number of benzene rings is 2. The van der Waals surface area contributed by atoms with Gasteiger partial charge in [-0.3, -0.25) is 0 Å². The van der Waals surface area contributed by atoms with Crippen molar-refractivity contribution in [3.63, 3.8) is 0 Å². The summed E-state index contributed by atoms with van der Waals surface area (Å²) in [6, 6.07) is 9.45. The Bertz CT molecular complexity index is 621. The highest BCUT2D eigenvalue weighted by Gasteiger charge is 2.16. The molecule has 2 nitrogen and oxygen atoms in total. The molecule has 0 aliphatic carbocycles. The van der Waals surface area contributed by atoms with E-state index < -0.39 is 17.7 Å². The van der Waals surface area contributed by atoms with E-state index in [1.807, 2.05) is 0 Å². The van der Waals surface area contributed by atoms with E-state index in [0.29, 0.717) is 6.54 Å². The fourth-order valence-electron chi connectivity index (χ4n) is 2.00. The minimum Gasteiger partial charge on any atom is -0.387 e. The first-order valence-corrected chi connectivity index (χ1v) is 6.82. The summed E-state index contributed by atoms with van der Waals surface area (Å²) in [5.41, 5.74) is 0.501. The summed E-state index contributed by atoms with van der Waals surface area (Å²) in [6.07, 6.45) is 2.29. The second kappa shape index (κ2) is 7.77. The van der Waals surface area contributed by atoms with Crippen molar-refractivity contribution in [2.45, 2.75) is 6.10 Å². The van der Waals surface area contributed by atoms with Gasteiger partial charge in [0.15, 0.2) is 0 Å². The van der Waals surface area contributed by atoms with Crippen LogP contribution >= 0.6 is 0 Å². The Morgan fingerprint density at radius 2 is 1.64 bits per heavy atom. The SMILES string of the molecule is OC(CNC/C=C/c1ccc(F)cc1)c1c(F)cccc1F. The Morgan fingerprint density at radius 3 is 2.27 bits per heavy atom. The molecule has 0 spiro atoms. The normalized spacial score (nSPS) is 12.7. The molecule has 0 aromatic heterocycles. The van der Waals surface area contributed by atoms with Gasteiger partial charge in [-0.15, -0.1) is 0 Å². The third kappa shape index (κ3) is 4.44. The highest BCUT2D eigenvalue weighted by molar-refractivity contribution is 5.48. The lowest BCUT2D eigenvalue weighted by Crippen LogP contribution is -2.22. The van der Waals surface area contributed by atoms with E-state index in [9.17, 15) is 18.3 Å². The molecule has 0 aliphatic rings. The van der Waals surface area contributed by atoms with Crippen LogP contribution in [0, 0.1) is 17.5 Å². The molecule has 0 radical (unpaired) electrons. The highest BCUT2D eigenvalue weighted by Crippen LogP contribution is 2.19. The summed E-state index contributed by atoms with van der Waals surface area (Å²) < 4.78 is 39.6.